The molecule has 0 fully saturated rings. The van der Waals surface area contributed by atoms with Gasteiger partial charge in [0.2, 0.25) is 0 Å². The predicted molar refractivity (Wildman–Crippen MR) is 130 cm³/mol. The van der Waals surface area contributed by atoms with Gasteiger partial charge in [-0.05, 0) is 70.4 Å². The van der Waals surface area contributed by atoms with E-state index in [4.69, 9.17) is 11.6 Å². The fourth-order valence-corrected chi connectivity index (χ4v) is 6.75. The molecule has 2 heterocycles. The maximum absolute atomic E-state index is 13.7. The second-order valence-electron chi connectivity index (χ2n) is 6.26. The first-order chi connectivity index (χ1) is 13.9. The SMILES string of the molecule is C=CCn1c(N(c2ccccc2I)S(=O)(=O)c2cccs2)cc2cc(Cl)ccc21. The number of fused-ring (bicyclic) bond motifs is 1. The largest absolute Gasteiger partial charge is 0.323 e. The molecule has 8 heteroatoms. The highest BCUT2D eigenvalue weighted by Gasteiger charge is 2.31. The van der Waals surface area contributed by atoms with Crippen molar-refractivity contribution in [3.05, 3.63) is 87.3 Å². The summed E-state index contributed by atoms with van der Waals surface area (Å²) in [5.41, 5.74) is 1.49. The molecule has 0 aliphatic carbocycles. The van der Waals surface area contributed by atoms with Crippen LogP contribution in [0.5, 0.6) is 0 Å². The van der Waals surface area contributed by atoms with Crippen molar-refractivity contribution in [1.29, 1.82) is 0 Å². The second-order valence-corrected chi connectivity index (χ2v) is 10.8. The standard InChI is InChI=1S/C21H16ClIN2O2S2/c1-2-11-24-18-10-9-16(22)13-15(18)14-20(24)25(19-7-4-3-6-17(19)23)29(26,27)21-8-5-12-28-21/h2-10,12-14H,1,11H2. The summed E-state index contributed by atoms with van der Waals surface area (Å²) in [5, 5.41) is 3.23. The minimum atomic E-state index is -3.83. The molecule has 0 bridgehead atoms. The number of nitrogens with zero attached hydrogens (tertiary/aromatic N) is 2. The van der Waals surface area contributed by atoms with Crippen molar-refractivity contribution < 1.29 is 8.42 Å². The normalized spacial score (nSPS) is 11.7. The van der Waals surface area contributed by atoms with Crippen molar-refractivity contribution in [2.75, 3.05) is 4.31 Å². The van der Waals surface area contributed by atoms with Gasteiger partial charge in [-0.1, -0.05) is 35.9 Å². The average Bonchev–Trinajstić information content (AvgIpc) is 3.33. The van der Waals surface area contributed by atoms with Crippen molar-refractivity contribution >= 4 is 78.0 Å². The fourth-order valence-electron chi connectivity index (χ4n) is 3.21. The van der Waals surface area contributed by atoms with Gasteiger partial charge in [0.25, 0.3) is 10.0 Å². The lowest BCUT2D eigenvalue weighted by atomic mass is 10.2. The molecule has 2 aromatic carbocycles. The van der Waals surface area contributed by atoms with Crippen LogP contribution in [0.1, 0.15) is 0 Å². The van der Waals surface area contributed by atoms with Gasteiger partial charge in [0.1, 0.15) is 10.0 Å². The first kappa shape index (κ1) is 20.5. The Balaban J connectivity index is 2.06. The van der Waals surface area contributed by atoms with E-state index < -0.39 is 10.0 Å². The Morgan fingerprint density at radius 1 is 1.14 bits per heavy atom. The summed E-state index contributed by atoms with van der Waals surface area (Å²) >= 11 is 9.55. The quantitative estimate of drug-likeness (QED) is 0.197. The molecule has 4 aromatic rings. The van der Waals surface area contributed by atoms with Gasteiger partial charge in [-0.2, -0.15) is 8.42 Å². The van der Waals surface area contributed by atoms with Crippen molar-refractivity contribution in [2.24, 2.45) is 0 Å². The number of benzene rings is 2. The third-order valence-corrected chi connectivity index (χ3v) is 8.66. The lowest BCUT2D eigenvalue weighted by Crippen LogP contribution is -2.28. The highest BCUT2D eigenvalue weighted by Crippen LogP contribution is 2.39. The van der Waals surface area contributed by atoms with Crippen LogP contribution in [0.2, 0.25) is 5.02 Å². The van der Waals surface area contributed by atoms with E-state index in [1.165, 1.54) is 15.6 Å². The Hall–Kier alpha value is -1.81. The number of aromatic nitrogens is 1. The third-order valence-electron chi connectivity index (χ3n) is 4.42. The number of halogens is 2. The van der Waals surface area contributed by atoms with E-state index in [0.717, 1.165) is 14.5 Å². The molecule has 4 rings (SSSR count). The highest BCUT2D eigenvalue weighted by molar-refractivity contribution is 14.1. The smallest absolute Gasteiger partial charge is 0.279 e. The number of sulfonamides is 1. The van der Waals surface area contributed by atoms with E-state index in [2.05, 4.69) is 29.2 Å². The van der Waals surface area contributed by atoms with Crippen LogP contribution in [0.3, 0.4) is 0 Å². The van der Waals surface area contributed by atoms with Crippen LogP contribution in [0.25, 0.3) is 10.9 Å². The first-order valence-electron chi connectivity index (χ1n) is 8.66. The molecule has 2 aromatic heterocycles. The first-order valence-corrected chi connectivity index (χ1v) is 12.4. The van der Waals surface area contributed by atoms with E-state index in [1.807, 2.05) is 47.0 Å². The molecule has 0 saturated heterocycles. The van der Waals surface area contributed by atoms with Crippen LogP contribution in [0.15, 0.2) is 82.9 Å². The van der Waals surface area contributed by atoms with Gasteiger partial charge in [-0.25, -0.2) is 4.31 Å². The van der Waals surface area contributed by atoms with E-state index in [1.54, 1.807) is 29.7 Å². The van der Waals surface area contributed by atoms with E-state index in [-0.39, 0.29) is 4.21 Å². The maximum Gasteiger partial charge on any atom is 0.279 e. The predicted octanol–water partition coefficient (Wildman–Crippen LogP) is 6.67. The third kappa shape index (κ3) is 3.72. The Labute approximate surface area is 192 Å². The fraction of sp³-hybridized carbons (Fsp3) is 0.0476. The molecule has 0 N–H and O–H groups in total. The Morgan fingerprint density at radius 3 is 2.62 bits per heavy atom. The van der Waals surface area contributed by atoms with Gasteiger partial charge in [0.05, 0.1) is 11.2 Å². The molecule has 0 saturated carbocycles. The average molecular weight is 555 g/mol. The summed E-state index contributed by atoms with van der Waals surface area (Å²) in [7, 11) is -3.83. The minimum absolute atomic E-state index is 0.283. The molecule has 0 atom stereocenters. The molecule has 0 amide bonds. The Morgan fingerprint density at radius 2 is 1.93 bits per heavy atom. The molecule has 0 aliphatic heterocycles. The van der Waals surface area contributed by atoms with Crippen LogP contribution >= 0.6 is 45.5 Å². The summed E-state index contributed by atoms with van der Waals surface area (Å²) in [5.74, 6) is 0.541. The van der Waals surface area contributed by atoms with Gasteiger partial charge in [-0.3, -0.25) is 0 Å². The second kappa shape index (κ2) is 8.14. The van der Waals surface area contributed by atoms with Crippen LogP contribution in [0.4, 0.5) is 11.5 Å². The molecular weight excluding hydrogens is 539 g/mol. The van der Waals surface area contributed by atoms with E-state index in [0.29, 0.717) is 23.1 Å². The van der Waals surface area contributed by atoms with Crippen molar-refractivity contribution in [3.63, 3.8) is 0 Å². The zero-order valence-electron chi connectivity index (χ0n) is 15.1. The lowest BCUT2D eigenvalue weighted by Gasteiger charge is -2.26. The molecule has 0 aliphatic rings. The topological polar surface area (TPSA) is 42.3 Å². The monoisotopic (exact) mass is 554 g/mol. The number of hydrogen-bond donors (Lipinski definition) is 0. The molecule has 29 heavy (non-hydrogen) atoms. The lowest BCUT2D eigenvalue weighted by molar-refractivity contribution is 0.597. The zero-order chi connectivity index (χ0) is 20.6. The summed E-state index contributed by atoms with van der Waals surface area (Å²) in [6.07, 6.45) is 1.75. The van der Waals surface area contributed by atoms with Crippen molar-refractivity contribution in [3.8, 4) is 0 Å². The molecule has 0 radical (unpaired) electrons. The summed E-state index contributed by atoms with van der Waals surface area (Å²) < 4.78 is 31.9. The van der Waals surface area contributed by atoms with E-state index >= 15 is 0 Å². The van der Waals surface area contributed by atoms with Crippen LogP contribution in [-0.4, -0.2) is 13.0 Å². The van der Waals surface area contributed by atoms with Gasteiger partial charge < -0.3 is 4.57 Å². The van der Waals surface area contributed by atoms with Gasteiger partial charge in [-0.15, -0.1) is 17.9 Å². The minimum Gasteiger partial charge on any atom is -0.323 e. The number of allylic oxidation sites excluding steroid dienone is 1. The maximum atomic E-state index is 13.7. The Kier molecular flexibility index (Phi) is 5.74. The number of thiophene rings is 1. The van der Waals surface area contributed by atoms with Crippen molar-refractivity contribution in [2.45, 2.75) is 10.8 Å². The molecule has 4 nitrogen and oxygen atoms in total. The number of anilines is 2. The molecule has 0 unspecified atom stereocenters. The highest BCUT2D eigenvalue weighted by atomic mass is 127. The van der Waals surface area contributed by atoms with Gasteiger partial charge in [0.15, 0.2) is 0 Å². The summed E-state index contributed by atoms with van der Waals surface area (Å²) in [4.78, 5) is 0. The number of rotatable bonds is 6. The van der Waals surface area contributed by atoms with Crippen LogP contribution < -0.4 is 4.31 Å². The Bertz CT molecular complexity index is 1300. The molecular formula is C21H16ClIN2O2S2. The van der Waals surface area contributed by atoms with Gasteiger partial charge >= 0.3 is 0 Å². The summed E-state index contributed by atoms with van der Waals surface area (Å²) in [6, 6.07) is 18.2. The van der Waals surface area contributed by atoms with Gasteiger partial charge in [0, 0.05) is 20.5 Å². The van der Waals surface area contributed by atoms with Crippen LogP contribution in [0, 0.1) is 3.57 Å². The van der Waals surface area contributed by atoms with Crippen LogP contribution in [-0.2, 0) is 16.6 Å². The van der Waals surface area contributed by atoms with Crippen molar-refractivity contribution in [1.82, 2.24) is 4.57 Å². The zero-order valence-corrected chi connectivity index (χ0v) is 19.7. The molecule has 148 valence electrons. The number of para-hydroxylation sites is 1. The number of hydrogen-bond acceptors (Lipinski definition) is 3. The van der Waals surface area contributed by atoms with E-state index in [9.17, 15) is 8.42 Å². The summed E-state index contributed by atoms with van der Waals surface area (Å²) in [6.45, 7) is 4.31. The molecule has 0 spiro atoms.